The van der Waals surface area contributed by atoms with Gasteiger partial charge in [0.2, 0.25) is 0 Å². The quantitative estimate of drug-likeness (QED) is 0.735. The Balaban J connectivity index is 1.53. The molecule has 2 aromatic carbocycles. The van der Waals surface area contributed by atoms with E-state index in [9.17, 15) is 4.79 Å². The molecule has 1 aliphatic rings. The summed E-state index contributed by atoms with van der Waals surface area (Å²) in [5.74, 6) is 1.08. The number of methoxy groups -OCH3 is 1. The van der Waals surface area contributed by atoms with E-state index < -0.39 is 0 Å². The number of amides is 1. The van der Waals surface area contributed by atoms with Crippen molar-refractivity contribution in [2.45, 2.75) is 13.2 Å². The number of rotatable bonds is 4. The van der Waals surface area contributed by atoms with E-state index in [2.05, 4.69) is 10.3 Å². The number of hydrogen-bond acceptors (Lipinski definition) is 4. The van der Waals surface area contributed by atoms with Crippen LogP contribution in [0.4, 0.5) is 0 Å². The van der Waals surface area contributed by atoms with Crippen LogP contribution in [0.1, 0.15) is 21.5 Å². The second-order valence-electron chi connectivity index (χ2n) is 6.15. The van der Waals surface area contributed by atoms with E-state index in [1.54, 1.807) is 37.7 Å². The van der Waals surface area contributed by atoms with Crippen LogP contribution in [0.25, 0.3) is 11.1 Å². The Morgan fingerprint density at radius 2 is 2.15 bits per heavy atom. The topological polar surface area (TPSA) is 60.5 Å². The molecule has 1 aliphatic heterocycles. The lowest BCUT2D eigenvalue weighted by Crippen LogP contribution is -2.23. The largest absolute Gasteiger partial charge is 0.495 e. The first-order valence-electron chi connectivity index (χ1n) is 8.47. The summed E-state index contributed by atoms with van der Waals surface area (Å²) in [6.07, 6.45) is 3.56. The Morgan fingerprint density at radius 3 is 3.00 bits per heavy atom. The summed E-state index contributed by atoms with van der Waals surface area (Å²) in [5.41, 5.74) is 4.41. The third-order valence-corrected chi connectivity index (χ3v) is 4.95. The minimum Gasteiger partial charge on any atom is -0.495 e. The van der Waals surface area contributed by atoms with Gasteiger partial charge in [-0.3, -0.25) is 9.78 Å². The normalized spacial score (nSPS) is 11.8. The molecule has 0 atom stereocenters. The van der Waals surface area contributed by atoms with Gasteiger partial charge in [0, 0.05) is 35.6 Å². The van der Waals surface area contributed by atoms with Crippen LogP contribution in [-0.2, 0) is 13.2 Å². The van der Waals surface area contributed by atoms with Crippen LogP contribution in [0, 0.1) is 0 Å². The van der Waals surface area contributed by atoms with Gasteiger partial charge >= 0.3 is 0 Å². The number of hydrogen-bond donors (Lipinski definition) is 1. The van der Waals surface area contributed by atoms with E-state index in [0.717, 1.165) is 22.3 Å². The van der Waals surface area contributed by atoms with Crippen molar-refractivity contribution in [3.05, 3.63) is 76.6 Å². The third kappa shape index (κ3) is 3.34. The second kappa shape index (κ2) is 7.29. The van der Waals surface area contributed by atoms with Gasteiger partial charge < -0.3 is 14.8 Å². The molecule has 0 aliphatic carbocycles. The molecule has 0 fully saturated rings. The van der Waals surface area contributed by atoms with Gasteiger partial charge in [-0.1, -0.05) is 23.7 Å². The first-order chi connectivity index (χ1) is 13.2. The summed E-state index contributed by atoms with van der Waals surface area (Å²) in [6, 6.07) is 12.9. The van der Waals surface area contributed by atoms with Gasteiger partial charge in [-0.2, -0.15) is 0 Å². The molecule has 2 heterocycles. The van der Waals surface area contributed by atoms with Crippen LogP contribution >= 0.6 is 11.6 Å². The number of aromatic nitrogens is 1. The summed E-state index contributed by atoms with van der Waals surface area (Å²) in [4.78, 5) is 16.7. The fourth-order valence-electron chi connectivity index (χ4n) is 3.09. The molecule has 1 amide bonds. The zero-order valence-electron chi connectivity index (χ0n) is 14.7. The molecule has 0 saturated heterocycles. The predicted molar refractivity (Wildman–Crippen MR) is 103 cm³/mol. The van der Waals surface area contributed by atoms with Gasteiger partial charge in [0.15, 0.2) is 0 Å². The molecule has 1 N–H and O–H groups in total. The lowest BCUT2D eigenvalue weighted by molar-refractivity contribution is 0.0950. The number of carbonyl (C=O) groups excluding carboxylic acids is 1. The molecular weight excluding hydrogens is 364 g/mol. The second-order valence-corrected chi connectivity index (χ2v) is 6.53. The number of benzene rings is 2. The summed E-state index contributed by atoms with van der Waals surface area (Å²) in [5, 5.41) is 3.39. The van der Waals surface area contributed by atoms with Crippen molar-refractivity contribution in [1.82, 2.24) is 10.3 Å². The third-order valence-electron chi connectivity index (χ3n) is 4.52. The van der Waals surface area contributed by atoms with Crippen molar-refractivity contribution in [3.8, 4) is 22.6 Å². The molecule has 0 saturated carbocycles. The van der Waals surface area contributed by atoms with Gasteiger partial charge in [-0.15, -0.1) is 0 Å². The summed E-state index contributed by atoms with van der Waals surface area (Å²) >= 11 is 6.28. The van der Waals surface area contributed by atoms with Gasteiger partial charge in [-0.05, 0) is 41.5 Å². The van der Waals surface area contributed by atoms with Crippen molar-refractivity contribution in [3.63, 3.8) is 0 Å². The number of nitrogens with zero attached hydrogens (tertiary/aromatic N) is 1. The molecule has 27 heavy (non-hydrogen) atoms. The number of ether oxygens (including phenoxy) is 2. The molecule has 0 radical (unpaired) electrons. The molecule has 0 unspecified atom stereocenters. The first-order valence-corrected chi connectivity index (χ1v) is 8.85. The number of halogens is 1. The Labute approximate surface area is 161 Å². The van der Waals surface area contributed by atoms with Crippen LogP contribution in [0.3, 0.4) is 0 Å². The Kier molecular flexibility index (Phi) is 4.69. The number of carbonyl (C=O) groups is 1. The first kappa shape index (κ1) is 17.4. The molecule has 5 nitrogen and oxygen atoms in total. The predicted octanol–water partition coefficient (Wildman–Crippen LogP) is 4.23. The van der Waals surface area contributed by atoms with E-state index >= 15 is 0 Å². The SMILES string of the molecule is COc1cccc(CNC(=O)c2ccc3c(c2)OCc2cnccc2-3)c1Cl. The molecule has 4 rings (SSSR count). The number of fused-ring (bicyclic) bond motifs is 3. The van der Waals surface area contributed by atoms with Gasteiger partial charge in [0.05, 0.1) is 12.1 Å². The van der Waals surface area contributed by atoms with Crippen LogP contribution in [0.5, 0.6) is 11.5 Å². The van der Waals surface area contributed by atoms with Crippen molar-refractivity contribution >= 4 is 17.5 Å². The van der Waals surface area contributed by atoms with E-state index in [1.807, 2.05) is 24.3 Å². The zero-order chi connectivity index (χ0) is 18.8. The minimum absolute atomic E-state index is 0.194. The van der Waals surface area contributed by atoms with Crippen LogP contribution < -0.4 is 14.8 Å². The van der Waals surface area contributed by atoms with Crippen molar-refractivity contribution in [2.75, 3.05) is 7.11 Å². The summed E-state index contributed by atoms with van der Waals surface area (Å²) in [6.45, 7) is 0.752. The van der Waals surface area contributed by atoms with Gasteiger partial charge in [-0.25, -0.2) is 0 Å². The maximum atomic E-state index is 12.6. The molecule has 6 heteroatoms. The highest BCUT2D eigenvalue weighted by molar-refractivity contribution is 6.32. The van der Waals surface area contributed by atoms with E-state index in [4.69, 9.17) is 21.1 Å². The average molecular weight is 381 g/mol. The molecule has 0 spiro atoms. The highest BCUT2D eigenvalue weighted by atomic mass is 35.5. The zero-order valence-corrected chi connectivity index (χ0v) is 15.4. The fourth-order valence-corrected chi connectivity index (χ4v) is 3.36. The van der Waals surface area contributed by atoms with E-state index in [-0.39, 0.29) is 5.91 Å². The van der Waals surface area contributed by atoms with Crippen LogP contribution in [-0.4, -0.2) is 18.0 Å². The highest BCUT2D eigenvalue weighted by Crippen LogP contribution is 2.37. The Bertz CT molecular complexity index is 1020. The number of pyridine rings is 1. The summed E-state index contributed by atoms with van der Waals surface area (Å²) < 4.78 is 11.0. The van der Waals surface area contributed by atoms with Gasteiger partial charge in [0.25, 0.3) is 5.91 Å². The molecule has 3 aromatic rings. The number of nitrogens with one attached hydrogen (secondary N) is 1. The van der Waals surface area contributed by atoms with Crippen molar-refractivity contribution < 1.29 is 14.3 Å². The molecular formula is C21H17ClN2O3. The van der Waals surface area contributed by atoms with E-state index in [1.165, 1.54) is 0 Å². The molecule has 136 valence electrons. The minimum atomic E-state index is -0.194. The van der Waals surface area contributed by atoms with Crippen LogP contribution in [0.15, 0.2) is 54.9 Å². The highest BCUT2D eigenvalue weighted by Gasteiger charge is 2.19. The van der Waals surface area contributed by atoms with Crippen molar-refractivity contribution in [1.29, 1.82) is 0 Å². The maximum absolute atomic E-state index is 12.6. The monoisotopic (exact) mass is 380 g/mol. The lowest BCUT2D eigenvalue weighted by Gasteiger charge is -2.20. The van der Waals surface area contributed by atoms with E-state index in [0.29, 0.717) is 35.2 Å². The Hall–Kier alpha value is -3.05. The van der Waals surface area contributed by atoms with Crippen molar-refractivity contribution in [2.24, 2.45) is 0 Å². The Morgan fingerprint density at radius 1 is 1.26 bits per heavy atom. The maximum Gasteiger partial charge on any atom is 0.251 e. The fraction of sp³-hybridized carbons (Fsp3) is 0.143. The average Bonchev–Trinajstić information content (AvgIpc) is 2.72. The smallest absolute Gasteiger partial charge is 0.251 e. The van der Waals surface area contributed by atoms with Crippen LogP contribution in [0.2, 0.25) is 5.02 Å². The standard InChI is InChI=1S/C21H17ClN2O3/c1-26-18-4-2-3-14(20(18)22)11-24-21(25)13-5-6-17-16-7-8-23-10-15(16)12-27-19(17)9-13/h2-10H,11-12H2,1H3,(H,24,25). The lowest BCUT2D eigenvalue weighted by atomic mass is 9.97. The molecule has 0 bridgehead atoms. The summed E-state index contributed by atoms with van der Waals surface area (Å²) in [7, 11) is 1.56. The molecule has 1 aromatic heterocycles. The van der Waals surface area contributed by atoms with Gasteiger partial charge in [0.1, 0.15) is 18.1 Å².